The number of nitrogens with zero attached hydrogens (tertiary/aromatic N) is 2. The van der Waals surface area contributed by atoms with Crippen LogP contribution in [0.4, 0.5) is 17.2 Å². The number of nitro groups is 1. The number of nitrogen functional groups attached to an aromatic ring is 1. The van der Waals surface area contributed by atoms with Crippen molar-refractivity contribution in [2.24, 2.45) is 0 Å². The topological polar surface area (TPSA) is 144 Å². The van der Waals surface area contributed by atoms with E-state index in [1.807, 2.05) is 0 Å². The number of rotatable bonds is 5. The fourth-order valence-electron chi connectivity index (χ4n) is 1.58. The molecule has 0 spiro atoms. The maximum absolute atomic E-state index is 11.8. The molecule has 0 bridgehead atoms. The zero-order valence-corrected chi connectivity index (χ0v) is 11.9. The van der Waals surface area contributed by atoms with E-state index in [1.54, 1.807) is 6.07 Å². The zero-order valence-electron chi connectivity index (χ0n) is 11.1. The molecule has 0 saturated heterocycles. The van der Waals surface area contributed by atoms with Gasteiger partial charge in [-0.25, -0.2) is 4.98 Å². The Kier molecular flexibility index (Phi) is 4.73. The van der Waals surface area contributed by atoms with Crippen molar-refractivity contribution in [3.8, 4) is 0 Å². The Morgan fingerprint density at radius 3 is 2.86 bits per heavy atom. The van der Waals surface area contributed by atoms with Crippen LogP contribution in [0.15, 0.2) is 40.3 Å². The normalized spacial score (nSPS) is 10.2. The van der Waals surface area contributed by atoms with Crippen molar-refractivity contribution in [2.75, 3.05) is 16.8 Å². The van der Waals surface area contributed by atoms with E-state index in [0.29, 0.717) is 0 Å². The average molecular weight is 321 g/mol. The number of benzene rings is 1. The van der Waals surface area contributed by atoms with Gasteiger partial charge in [-0.1, -0.05) is 23.9 Å². The summed E-state index contributed by atoms with van der Waals surface area (Å²) in [7, 11) is 0. The first-order valence-electron chi connectivity index (χ1n) is 5.98. The number of carbonyl (C=O) groups excluding carboxylic acids is 1. The minimum absolute atomic E-state index is 0.0466. The molecule has 0 aliphatic rings. The van der Waals surface area contributed by atoms with Gasteiger partial charge in [-0.15, -0.1) is 0 Å². The van der Waals surface area contributed by atoms with E-state index in [9.17, 15) is 19.7 Å². The van der Waals surface area contributed by atoms with E-state index in [1.165, 1.54) is 18.2 Å². The van der Waals surface area contributed by atoms with Gasteiger partial charge >= 0.3 is 0 Å². The summed E-state index contributed by atoms with van der Waals surface area (Å²) in [5, 5.41) is 13.5. The van der Waals surface area contributed by atoms with Crippen LogP contribution in [0.3, 0.4) is 0 Å². The third-order valence-electron chi connectivity index (χ3n) is 2.45. The van der Waals surface area contributed by atoms with Gasteiger partial charge in [-0.2, -0.15) is 0 Å². The number of nitrogens with one attached hydrogen (secondary N) is 2. The number of hydrogen-bond donors (Lipinski definition) is 3. The van der Waals surface area contributed by atoms with Gasteiger partial charge < -0.3 is 16.0 Å². The number of nitrogens with two attached hydrogens (primary N) is 1. The van der Waals surface area contributed by atoms with Crippen molar-refractivity contribution in [2.45, 2.75) is 5.16 Å². The number of nitro benzene ring substituents is 1. The largest absolute Gasteiger partial charge is 0.383 e. The van der Waals surface area contributed by atoms with E-state index in [2.05, 4.69) is 15.3 Å². The molecule has 0 fully saturated rings. The molecule has 10 heteroatoms. The Hall–Kier alpha value is -2.88. The number of carbonyl (C=O) groups is 1. The van der Waals surface area contributed by atoms with E-state index in [0.717, 1.165) is 17.8 Å². The van der Waals surface area contributed by atoms with Crippen LogP contribution < -0.4 is 16.6 Å². The van der Waals surface area contributed by atoms with Gasteiger partial charge in [0.15, 0.2) is 5.16 Å². The van der Waals surface area contributed by atoms with Gasteiger partial charge in [0.1, 0.15) is 11.5 Å². The maximum atomic E-state index is 11.8. The lowest BCUT2D eigenvalue weighted by atomic mass is 10.2. The van der Waals surface area contributed by atoms with Crippen molar-refractivity contribution < 1.29 is 9.72 Å². The summed E-state index contributed by atoms with van der Waals surface area (Å²) in [5.74, 6) is -0.506. The van der Waals surface area contributed by atoms with Crippen LogP contribution in [-0.4, -0.2) is 26.6 Å². The molecular weight excluding hydrogens is 310 g/mol. The second-order valence-corrected chi connectivity index (χ2v) is 5.05. The zero-order chi connectivity index (χ0) is 16.1. The van der Waals surface area contributed by atoms with Crippen LogP contribution in [-0.2, 0) is 4.79 Å². The molecule has 114 valence electrons. The van der Waals surface area contributed by atoms with Crippen molar-refractivity contribution in [3.05, 3.63) is 50.8 Å². The first kappa shape index (κ1) is 15.5. The van der Waals surface area contributed by atoms with Crippen molar-refractivity contribution in [1.29, 1.82) is 0 Å². The van der Waals surface area contributed by atoms with Gasteiger partial charge in [0.05, 0.1) is 10.7 Å². The fraction of sp³-hybridized carbons (Fsp3) is 0.0833. The molecule has 1 heterocycles. The monoisotopic (exact) mass is 321 g/mol. The molecule has 0 unspecified atom stereocenters. The first-order chi connectivity index (χ1) is 10.5. The number of hydrogen-bond acceptors (Lipinski definition) is 7. The standard InChI is InChI=1S/C12H11N5O4S/c13-9-5-10(18)16-12(15-9)22-6-11(19)14-7-3-1-2-4-8(7)17(20)21/h1-5H,6H2,(H,14,19)(H3,13,15,16,18). The van der Waals surface area contributed by atoms with Crippen LogP contribution >= 0.6 is 11.8 Å². The summed E-state index contributed by atoms with van der Waals surface area (Å²) in [5.41, 5.74) is 4.91. The highest BCUT2D eigenvalue weighted by atomic mass is 32.2. The van der Waals surface area contributed by atoms with Gasteiger partial charge in [0, 0.05) is 12.1 Å². The fourth-order valence-corrected chi connectivity index (χ4v) is 2.26. The van der Waals surface area contributed by atoms with E-state index in [4.69, 9.17) is 5.73 Å². The second kappa shape index (κ2) is 6.72. The minimum atomic E-state index is -0.584. The summed E-state index contributed by atoms with van der Waals surface area (Å²) in [6, 6.07) is 6.93. The Labute approximate surface area is 128 Å². The predicted molar refractivity (Wildman–Crippen MR) is 81.7 cm³/mol. The molecule has 4 N–H and O–H groups in total. The molecule has 0 aliphatic heterocycles. The number of anilines is 2. The molecule has 0 aliphatic carbocycles. The van der Waals surface area contributed by atoms with E-state index in [-0.39, 0.29) is 28.1 Å². The smallest absolute Gasteiger partial charge is 0.292 e. The maximum Gasteiger partial charge on any atom is 0.292 e. The number of H-pyrrole nitrogens is 1. The number of thioether (sulfide) groups is 1. The van der Waals surface area contributed by atoms with E-state index < -0.39 is 16.4 Å². The third kappa shape index (κ3) is 4.06. The lowest BCUT2D eigenvalue weighted by Crippen LogP contribution is -2.16. The highest BCUT2D eigenvalue weighted by Gasteiger charge is 2.15. The number of aromatic amines is 1. The Balaban J connectivity index is 2.02. The van der Waals surface area contributed by atoms with Crippen LogP contribution in [0.25, 0.3) is 0 Å². The number of aromatic nitrogens is 2. The minimum Gasteiger partial charge on any atom is -0.383 e. The Morgan fingerprint density at radius 2 is 2.18 bits per heavy atom. The van der Waals surface area contributed by atoms with Gasteiger partial charge in [0.25, 0.3) is 11.2 Å². The second-order valence-electron chi connectivity index (χ2n) is 4.09. The first-order valence-corrected chi connectivity index (χ1v) is 6.97. The van der Waals surface area contributed by atoms with Crippen molar-refractivity contribution >= 4 is 34.9 Å². The average Bonchev–Trinajstić information content (AvgIpc) is 2.44. The van der Waals surface area contributed by atoms with Gasteiger partial charge in [-0.3, -0.25) is 19.7 Å². The quantitative estimate of drug-likeness (QED) is 0.322. The molecule has 0 radical (unpaired) electrons. The van der Waals surface area contributed by atoms with Crippen LogP contribution in [0.1, 0.15) is 0 Å². The molecule has 1 aromatic carbocycles. The van der Waals surface area contributed by atoms with Crippen LogP contribution in [0.5, 0.6) is 0 Å². The highest BCUT2D eigenvalue weighted by Crippen LogP contribution is 2.23. The Morgan fingerprint density at radius 1 is 1.45 bits per heavy atom. The molecule has 0 atom stereocenters. The summed E-state index contributed by atoms with van der Waals surface area (Å²) in [6.07, 6.45) is 0. The molecule has 9 nitrogen and oxygen atoms in total. The van der Waals surface area contributed by atoms with Gasteiger partial charge in [-0.05, 0) is 6.07 Å². The highest BCUT2D eigenvalue weighted by molar-refractivity contribution is 7.99. The lowest BCUT2D eigenvalue weighted by molar-refractivity contribution is -0.383. The lowest BCUT2D eigenvalue weighted by Gasteiger charge is -2.05. The van der Waals surface area contributed by atoms with E-state index >= 15 is 0 Å². The van der Waals surface area contributed by atoms with Crippen molar-refractivity contribution in [1.82, 2.24) is 9.97 Å². The molecular formula is C12H11N5O4S. The SMILES string of the molecule is Nc1cc(=O)[nH]c(SCC(=O)Nc2ccccc2[N+](=O)[O-])n1. The summed E-state index contributed by atoms with van der Waals surface area (Å²) >= 11 is 0.962. The number of para-hydroxylation sites is 2. The molecule has 1 aromatic heterocycles. The predicted octanol–water partition coefficient (Wildman–Crippen LogP) is 0.991. The van der Waals surface area contributed by atoms with Crippen molar-refractivity contribution in [3.63, 3.8) is 0 Å². The summed E-state index contributed by atoms with van der Waals surface area (Å²) in [4.78, 5) is 39.6. The van der Waals surface area contributed by atoms with Crippen LogP contribution in [0.2, 0.25) is 0 Å². The number of amides is 1. The Bertz CT molecular complexity index is 776. The van der Waals surface area contributed by atoms with Crippen LogP contribution in [0, 0.1) is 10.1 Å². The molecule has 1 amide bonds. The molecule has 2 aromatic rings. The van der Waals surface area contributed by atoms with Gasteiger partial charge in [0.2, 0.25) is 5.91 Å². The summed E-state index contributed by atoms with van der Waals surface area (Å²) in [6.45, 7) is 0. The molecule has 2 rings (SSSR count). The molecule has 0 saturated carbocycles. The summed E-state index contributed by atoms with van der Waals surface area (Å²) < 4.78 is 0. The third-order valence-corrected chi connectivity index (χ3v) is 3.33. The molecule has 22 heavy (non-hydrogen) atoms.